The van der Waals surface area contributed by atoms with Crippen LogP contribution in [0.3, 0.4) is 0 Å². The highest BCUT2D eigenvalue weighted by Gasteiger charge is 2.22. The van der Waals surface area contributed by atoms with Crippen LogP contribution >= 0.6 is 0 Å². The largest absolute Gasteiger partial charge is 0.497 e. The molecular formula is C25H27N5O3. The van der Waals surface area contributed by atoms with Gasteiger partial charge in [0.25, 0.3) is 0 Å². The number of aromatic nitrogens is 1. The molecule has 0 aliphatic carbocycles. The lowest BCUT2D eigenvalue weighted by Crippen LogP contribution is -2.38. The number of fused-ring (bicyclic) bond motifs is 1. The fourth-order valence-electron chi connectivity index (χ4n) is 3.93. The van der Waals surface area contributed by atoms with Crippen LogP contribution in [-0.4, -0.2) is 55.8 Å². The number of hydrogen-bond acceptors (Lipinski definition) is 6. The fourth-order valence-corrected chi connectivity index (χ4v) is 3.93. The molecule has 1 saturated heterocycles. The second-order valence-corrected chi connectivity index (χ2v) is 7.75. The molecule has 0 spiro atoms. The van der Waals surface area contributed by atoms with Crippen molar-refractivity contribution in [3.05, 3.63) is 54.1 Å². The monoisotopic (exact) mass is 445 g/mol. The van der Waals surface area contributed by atoms with Gasteiger partial charge in [0.1, 0.15) is 23.4 Å². The summed E-state index contributed by atoms with van der Waals surface area (Å²) in [6.07, 6.45) is 0.782. The van der Waals surface area contributed by atoms with Crippen LogP contribution in [0.1, 0.15) is 18.9 Å². The molecule has 8 nitrogen and oxygen atoms in total. The van der Waals surface area contributed by atoms with Crippen molar-refractivity contribution >= 4 is 28.4 Å². The molecule has 170 valence electrons. The summed E-state index contributed by atoms with van der Waals surface area (Å²) >= 11 is 0. The molecule has 0 bridgehead atoms. The van der Waals surface area contributed by atoms with Gasteiger partial charge in [-0.2, -0.15) is 5.26 Å². The van der Waals surface area contributed by atoms with E-state index in [2.05, 4.69) is 16.3 Å². The number of carbonyl (C=O) groups excluding carboxylic acids is 1. The van der Waals surface area contributed by atoms with E-state index in [4.69, 9.17) is 14.5 Å². The summed E-state index contributed by atoms with van der Waals surface area (Å²) in [5.74, 6) is 2.16. The number of nitrogens with one attached hydrogen (secondary N) is 1. The highest BCUT2D eigenvalue weighted by Crippen LogP contribution is 2.27. The smallest absolute Gasteiger partial charge is 0.321 e. The van der Waals surface area contributed by atoms with Gasteiger partial charge in [-0.3, -0.25) is 0 Å². The average Bonchev–Trinajstić information content (AvgIpc) is 3.10. The number of carbonyl (C=O) groups is 1. The lowest BCUT2D eigenvalue weighted by atomic mass is 10.1. The number of anilines is 2. The van der Waals surface area contributed by atoms with Crippen molar-refractivity contribution in [3.8, 4) is 17.6 Å². The minimum atomic E-state index is -0.141. The first-order valence-electron chi connectivity index (χ1n) is 11.0. The number of hydrogen-bond donors (Lipinski definition) is 1. The molecule has 0 unspecified atom stereocenters. The summed E-state index contributed by atoms with van der Waals surface area (Å²) in [5.41, 5.74) is 2.05. The van der Waals surface area contributed by atoms with Gasteiger partial charge in [-0.05, 0) is 61.9 Å². The number of pyridine rings is 1. The van der Waals surface area contributed by atoms with E-state index < -0.39 is 0 Å². The first-order chi connectivity index (χ1) is 16.1. The first kappa shape index (κ1) is 22.2. The Morgan fingerprint density at radius 3 is 2.61 bits per heavy atom. The summed E-state index contributed by atoms with van der Waals surface area (Å²) in [7, 11) is 1.61. The Balaban J connectivity index is 1.47. The van der Waals surface area contributed by atoms with Gasteiger partial charge in [0.2, 0.25) is 0 Å². The standard InChI is InChI=1S/C25H27N5O3/c1-3-33-22-9-10-23-18(16-22)15-19(17-26)24(28-23)29-11-4-12-30(14-13-29)25(31)27-20-5-7-21(32-2)8-6-20/h5-10,15-16H,3-4,11-14H2,1-2H3,(H,27,31). The predicted molar refractivity (Wildman–Crippen MR) is 128 cm³/mol. The van der Waals surface area contributed by atoms with Crippen molar-refractivity contribution in [1.82, 2.24) is 9.88 Å². The van der Waals surface area contributed by atoms with E-state index >= 15 is 0 Å². The average molecular weight is 446 g/mol. The Kier molecular flexibility index (Phi) is 6.79. The lowest BCUT2D eigenvalue weighted by Gasteiger charge is -2.24. The van der Waals surface area contributed by atoms with Crippen LogP contribution in [0.25, 0.3) is 10.9 Å². The molecule has 0 saturated carbocycles. The fraction of sp³-hybridized carbons (Fsp3) is 0.320. The zero-order valence-corrected chi connectivity index (χ0v) is 18.9. The maximum absolute atomic E-state index is 12.8. The molecule has 1 N–H and O–H groups in total. The third-order valence-electron chi connectivity index (χ3n) is 5.62. The van der Waals surface area contributed by atoms with Gasteiger partial charge >= 0.3 is 6.03 Å². The molecule has 0 atom stereocenters. The minimum absolute atomic E-state index is 0.141. The quantitative estimate of drug-likeness (QED) is 0.631. The van der Waals surface area contributed by atoms with Gasteiger partial charge in [0.05, 0.1) is 24.8 Å². The van der Waals surface area contributed by atoms with Crippen molar-refractivity contribution in [1.29, 1.82) is 5.26 Å². The number of nitriles is 1. The van der Waals surface area contributed by atoms with E-state index in [1.54, 1.807) is 12.0 Å². The summed E-state index contributed by atoms with van der Waals surface area (Å²) in [6.45, 7) is 5.00. The second kappa shape index (κ2) is 10.1. The summed E-state index contributed by atoms with van der Waals surface area (Å²) < 4.78 is 10.7. The highest BCUT2D eigenvalue weighted by molar-refractivity contribution is 5.89. The maximum Gasteiger partial charge on any atom is 0.321 e. The Bertz CT molecular complexity index is 1170. The van der Waals surface area contributed by atoms with E-state index in [1.807, 2.05) is 55.5 Å². The summed E-state index contributed by atoms with van der Waals surface area (Å²) in [6, 6.07) is 17.0. The van der Waals surface area contributed by atoms with E-state index in [0.29, 0.717) is 37.6 Å². The van der Waals surface area contributed by atoms with E-state index in [9.17, 15) is 10.1 Å². The number of urea groups is 1. The van der Waals surface area contributed by atoms with Crippen LogP contribution in [0.2, 0.25) is 0 Å². The van der Waals surface area contributed by atoms with Gasteiger partial charge in [-0.15, -0.1) is 0 Å². The molecule has 1 fully saturated rings. The Morgan fingerprint density at radius 1 is 1.09 bits per heavy atom. The topological polar surface area (TPSA) is 90.7 Å². The predicted octanol–water partition coefficient (Wildman–Crippen LogP) is 4.26. The molecule has 4 rings (SSSR count). The Labute approximate surface area is 193 Å². The van der Waals surface area contributed by atoms with E-state index in [-0.39, 0.29) is 6.03 Å². The van der Waals surface area contributed by atoms with Gasteiger partial charge in [0.15, 0.2) is 0 Å². The van der Waals surface area contributed by atoms with Crippen molar-refractivity contribution < 1.29 is 14.3 Å². The van der Waals surface area contributed by atoms with Crippen LogP contribution in [-0.2, 0) is 0 Å². The van der Waals surface area contributed by atoms with Crippen molar-refractivity contribution in [2.24, 2.45) is 0 Å². The first-order valence-corrected chi connectivity index (χ1v) is 11.0. The molecule has 1 aliphatic heterocycles. The van der Waals surface area contributed by atoms with Gasteiger partial charge in [-0.1, -0.05) is 0 Å². The number of rotatable bonds is 5. The van der Waals surface area contributed by atoms with Crippen molar-refractivity contribution in [2.45, 2.75) is 13.3 Å². The minimum Gasteiger partial charge on any atom is -0.497 e. The van der Waals surface area contributed by atoms with Gasteiger partial charge < -0.3 is 24.6 Å². The zero-order chi connectivity index (χ0) is 23.2. The Hall–Kier alpha value is -3.99. The molecule has 2 amide bonds. The molecule has 2 aromatic carbocycles. The zero-order valence-electron chi connectivity index (χ0n) is 18.9. The number of nitrogens with zero attached hydrogens (tertiary/aromatic N) is 4. The molecular weight excluding hydrogens is 418 g/mol. The molecule has 1 aromatic heterocycles. The third-order valence-corrected chi connectivity index (χ3v) is 5.62. The molecule has 33 heavy (non-hydrogen) atoms. The maximum atomic E-state index is 12.8. The Morgan fingerprint density at radius 2 is 1.88 bits per heavy atom. The second-order valence-electron chi connectivity index (χ2n) is 7.75. The number of amides is 2. The van der Waals surface area contributed by atoms with Crippen LogP contribution in [0.5, 0.6) is 11.5 Å². The number of ether oxygens (including phenoxy) is 2. The molecule has 0 radical (unpaired) electrons. The van der Waals surface area contributed by atoms with Crippen molar-refractivity contribution in [3.63, 3.8) is 0 Å². The SMILES string of the molecule is CCOc1ccc2nc(N3CCCN(C(=O)Nc4ccc(OC)cc4)CC3)c(C#N)cc2c1. The molecule has 2 heterocycles. The van der Waals surface area contributed by atoms with Crippen LogP contribution in [0.15, 0.2) is 48.5 Å². The van der Waals surface area contributed by atoms with Gasteiger partial charge in [-0.25, -0.2) is 9.78 Å². The normalized spacial score (nSPS) is 13.8. The summed E-state index contributed by atoms with van der Waals surface area (Å²) in [4.78, 5) is 21.5. The van der Waals surface area contributed by atoms with E-state index in [1.165, 1.54) is 0 Å². The van der Waals surface area contributed by atoms with Crippen LogP contribution in [0, 0.1) is 11.3 Å². The molecule has 1 aliphatic rings. The van der Waals surface area contributed by atoms with E-state index in [0.717, 1.165) is 41.1 Å². The third kappa shape index (κ3) is 5.09. The lowest BCUT2D eigenvalue weighted by molar-refractivity contribution is 0.215. The molecule has 8 heteroatoms. The highest BCUT2D eigenvalue weighted by atomic mass is 16.5. The number of benzene rings is 2. The van der Waals surface area contributed by atoms with Crippen LogP contribution in [0.4, 0.5) is 16.3 Å². The molecule has 3 aromatic rings. The van der Waals surface area contributed by atoms with Crippen molar-refractivity contribution in [2.75, 3.05) is 50.1 Å². The van der Waals surface area contributed by atoms with Gasteiger partial charge in [0, 0.05) is 37.3 Å². The number of methoxy groups -OCH3 is 1. The van der Waals surface area contributed by atoms with Crippen LogP contribution < -0.4 is 19.7 Å². The summed E-state index contributed by atoms with van der Waals surface area (Å²) in [5, 5.41) is 13.6.